The summed E-state index contributed by atoms with van der Waals surface area (Å²) in [5, 5.41) is 6.94. The number of pyridine rings is 1. The van der Waals surface area contributed by atoms with Crippen LogP contribution in [0.3, 0.4) is 0 Å². The molecule has 0 bridgehead atoms. The number of hydrogen-bond donors (Lipinski definition) is 2. The summed E-state index contributed by atoms with van der Waals surface area (Å²) in [6.07, 6.45) is 4.60. The molecule has 1 saturated heterocycles. The molecule has 10 heteroatoms. The Balaban J connectivity index is 1.19. The second kappa shape index (κ2) is 11.9. The van der Waals surface area contributed by atoms with Crippen molar-refractivity contribution < 1.29 is 19.0 Å². The summed E-state index contributed by atoms with van der Waals surface area (Å²) in [7, 11) is 3.20. The van der Waals surface area contributed by atoms with Crippen LogP contribution in [0.15, 0.2) is 60.9 Å². The van der Waals surface area contributed by atoms with Gasteiger partial charge in [-0.05, 0) is 57.0 Å². The molecule has 1 fully saturated rings. The molecule has 3 heterocycles. The highest BCUT2D eigenvalue weighted by atomic mass is 35.5. The van der Waals surface area contributed by atoms with Crippen molar-refractivity contribution in [3.05, 3.63) is 71.5 Å². The normalized spacial score (nSPS) is 15.3. The lowest BCUT2D eigenvalue weighted by Gasteiger charge is -2.20. The van der Waals surface area contributed by atoms with E-state index < -0.39 is 11.7 Å². The summed E-state index contributed by atoms with van der Waals surface area (Å²) in [5.41, 5.74) is 4.90. The Morgan fingerprint density at radius 3 is 2.54 bits per heavy atom. The molecule has 41 heavy (non-hydrogen) atoms. The van der Waals surface area contributed by atoms with Gasteiger partial charge in [0.05, 0.1) is 24.9 Å². The Labute approximate surface area is 245 Å². The molecular weight excluding hydrogens is 542 g/mol. The predicted molar refractivity (Wildman–Crippen MR) is 162 cm³/mol. The Bertz CT molecular complexity index is 1530. The average molecular weight is 578 g/mol. The van der Waals surface area contributed by atoms with E-state index in [9.17, 15) is 4.79 Å². The first-order valence-corrected chi connectivity index (χ1v) is 14.0. The van der Waals surface area contributed by atoms with Gasteiger partial charge in [-0.25, -0.2) is 9.78 Å². The van der Waals surface area contributed by atoms with Gasteiger partial charge < -0.3 is 28.8 Å². The van der Waals surface area contributed by atoms with Gasteiger partial charge in [-0.15, -0.1) is 0 Å². The van der Waals surface area contributed by atoms with E-state index in [2.05, 4.69) is 27.7 Å². The number of amides is 1. The van der Waals surface area contributed by atoms with Gasteiger partial charge in [-0.3, -0.25) is 5.32 Å². The molecule has 0 aliphatic carbocycles. The number of fused-ring (bicyclic) bond motifs is 1. The first-order chi connectivity index (χ1) is 19.6. The summed E-state index contributed by atoms with van der Waals surface area (Å²) >= 11 is 6.39. The molecule has 2 N–H and O–H groups in total. The summed E-state index contributed by atoms with van der Waals surface area (Å²) < 4.78 is 18.2. The maximum atomic E-state index is 12.0. The zero-order valence-corrected chi connectivity index (χ0v) is 24.8. The van der Waals surface area contributed by atoms with Gasteiger partial charge >= 0.3 is 6.09 Å². The first-order valence-electron chi connectivity index (χ1n) is 13.6. The van der Waals surface area contributed by atoms with E-state index in [4.69, 9.17) is 30.8 Å². The number of hydrogen-bond acceptors (Lipinski definition) is 7. The van der Waals surface area contributed by atoms with Crippen LogP contribution in [-0.2, 0) is 11.3 Å². The molecule has 216 valence electrons. The monoisotopic (exact) mass is 577 g/mol. The number of ether oxygens (including phenoxy) is 3. The Hall–Kier alpha value is -3.95. The Morgan fingerprint density at radius 2 is 1.83 bits per heavy atom. The average Bonchev–Trinajstić information content (AvgIpc) is 3.58. The van der Waals surface area contributed by atoms with Gasteiger partial charge in [0.1, 0.15) is 22.7 Å². The summed E-state index contributed by atoms with van der Waals surface area (Å²) in [4.78, 5) is 19.2. The molecule has 9 nitrogen and oxygen atoms in total. The van der Waals surface area contributed by atoms with Crippen LogP contribution in [-0.4, -0.2) is 54.4 Å². The quantitative estimate of drug-likeness (QED) is 0.251. The zero-order chi connectivity index (χ0) is 29.1. The molecular formula is C31H36ClN5O4. The fraction of sp³-hybridized carbons (Fsp3) is 0.355. The molecule has 0 spiro atoms. The lowest BCUT2D eigenvalue weighted by atomic mass is 10.1. The van der Waals surface area contributed by atoms with Crippen LogP contribution >= 0.6 is 11.6 Å². The Morgan fingerprint density at radius 1 is 1.07 bits per heavy atom. The van der Waals surface area contributed by atoms with Gasteiger partial charge in [0.25, 0.3) is 0 Å². The van der Waals surface area contributed by atoms with E-state index in [1.807, 2.05) is 67.9 Å². The van der Waals surface area contributed by atoms with Crippen molar-refractivity contribution in [1.29, 1.82) is 0 Å². The fourth-order valence-electron chi connectivity index (χ4n) is 4.91. The van der Waals surface area contributed by atoms with Crippen molar-refractivity contribution in [1.82, 2.24) is 14.7 Å². The van der Waals surface area contributed by atoms with Crippen molar-refractivity contribution in [2.45, 2.75) is 45.4 Å². The lowest BCUT2D eigenvalue weighted by Crippen LogP contribution is -2.32. The second-order valence-electron chi connectivity index (χ2n) is 11.1. The minimum absolute atomic E-state index is 0.367. The third-order valence-corrected chi connectivity index (χ3v) is 7.24. The minimum Gasteiger partial charge on any atom is -0.496 e. The van der Waals surface area contributed by atoms with E-state index in [0.717, 1.165) is 54.2 Å². The highest BCUT2D eigenvalue weighted by Gasteiger charge is 2.23. The van der Waals surface area contributed by atoms with Crippen molar-refractivity contribution in [3.8, 4) is 22.8 Å². The van der Waals surface area contributed by atoms with E-state index in [1.165, 1.54) is 0 Å². The molecule has 0 saturated carbocycles. The van der Waals surface area contributed by atoms with Gasteiger partial charge in [0, 0.05) is 67.1 Å². The zero-order valence-electron chi connectivity index (χ0n) is 24.0. The second-order valence-corrected chi connectivity index (χ2v) is 11.5. The van der Waals surface area contributed by atoms with Crippen LogP contribution in [0.4, 0.5) is 16.2 Å². The van der Waals surface area contributed by atoms with Crippen LogP contribution in [0, 0.1) is 0 Å². The highest BCUT2D eigenvalue weighted by Crippen LogP contribution is 2.38. The van der Waals surface area contributed by atoms with Crippen LogP contribution in [0.2, 0.25) is 5.02 Å². The number of benzene rings is 2. The van der Waals surface area contributed by atoms with Crippen LogP contribution in [0.25, 0.3) is 16.9 Å². The topological polar surface area (TPSA) is 89.4 Å². The molecule has 2 aromatic carbocycles. The van der Waals surface area contributed by atoms with Gasteiger partial charge in [-0.2, -0.15) is 0 Å². The standard InChI is InChI=1S/C31H36ClN5O4/c1-31(2,3)41-30(38)34-21-8-6-20(7-9-21)17-33-22-10-12-36(18-22)23-11-13-37-19-26(35-29(37)14-23)24-15-25(32)28(40-5)16-27(24)39-4/h6-9,11,13-16,19,22,33H,10,12,17-18H2,1-5H3,(H,34,38)/t22-/m0/s1. The molecule has 2 aromatic heterocycles. The number of anilines is 2. The van der Waals surface area contributed by atoms with Crippen molar-refractivity contribution in [2.75, 3.05) is 37.5 Å². The molecule has 5 rings (SSSR count). The maximum absolute atomic E-state index is 12.0. The molecule has 1 aliphatic rings. The number of methoxy groups -OCH3 is 2. The van der Waals surface area contributed by atoms with Crippen LogP contribution in [0.1, 0.15) is 32.8 Å². The summed E-state index contributed by atoms with van der Waals surface area (Å²) in [6, 6.07) is 16.0. The third kappa shape index (κ3) is 6.86. The number of halogens is 1. The Kier molecular flexibility index (Phi) is 8.28. The molecule has 0 unspecified atom stereocenters. The smallest absolute Gasteiger partial charge is 0.412 e. The molecule has 1 amide bonds. The molecule has 1 atom stereocenters. The number of carbonyl (C=O) groups is 1. The summed E-state index contributed by atoms with van der Waals surface area (Å²) in [6.45, 7) is 8.15. The number of nitrogens with one attached hydrogen (secondary N) is 2. The fourth-order valence-corrected chi connectivity index (χ4v) is 5.15. The van der Waals surface area contributed by atoms with Gasteiger partial charge in [-0.1, -0.05) is 23.7 Å². The maximum Gasteiger partial charge on any atom is 0.412 e. The van der Waals surface area contributed by atoms with E-state index in [-0.39, 0.29) is 0 Å². The molecule has 1 aliphatic heterocycles. The van der Waals surface area contributed by atoms with Gasteiger partial charge in [0.2, 0.25) is 0 Å². The lowest BCUT2D eigenvalue weighted by molar-refractivity contribution is 0.0636. The third-order valence-electron chi connectivity index (χ3n) is 6.94. The van der Waals surface area contributed by atoms with E-state index >= 15 is 0 Å². The summed E-state index contributed by atoms with van der Waals surface area (Å²) in [5.74, 6) is 1.21. The van der Waals surface area contributed by atoms with Crippen molar-refractivity contribution in [2.24, 2.45) is 0 Å². The SMILES string of the molecule is COc1cc(OC)c(-c2cn3ccc(N4CC[C@H](NCc5ccc(NC(=O)OC(C)(C)C)cc5)C4)cc3n2)cc1Cl. The van der Waals surface area contributed by atoms with Crippen LogP contribution in [0.5, 0.6) is 11.5 Å². The minimum atomic E-state index is -0.531. The number of nitrogens with zero attached hydrogens (tertiary/aromatic N) is 3. The first kappa shape index (κ1) is 28.6. The predicted octanol–water partition coefficient (Wildman–Crippen LogP) is 6.39. The van der Waals surface area contributed by atoms with Gasteiger partial charge in [0.15, 0.2) is 0 Å². The number of aromatic nitrogens is 2. The molecule has 0 radical (unpaired) electrons. The van der Waals surface area contributed by atoms with Crippen molar-refractivity contribution >= 4 is 34.7 Å². The van der Waals surface area contributed by atoms with Crippen LogP contribution < -0.4 is 25.0 Å². The van der Waals surface area contributed by atoms with Crippen molar-refractivity contribution in [3.63, 3.8) is 0 Å². The van der Waals surface area contributed by atoms with E-state index in [0.29, 0.717) is 28.3 Å². The number of carbonyl (C=O) groups excluding carboxylic acids is 1. The van der Waals surface area contributed by atoms with E-state index in [1.54, 1.807) is 20.3 Å². The molecule has 4 aromatic rings. The number of imidazole rings is 1. The number of rotatable bonds is 8. The largest absolute Gasteiger partial charge is 0.496 e. The highest BCUT2D eigenvalue weighted by molar-refractivity contribution is 6.32.